The molecule has 9 nitrogen and oxygen atoms in total. The molecule has 4 N–H and O–H groups in total. The van der Waals surface area contributed by atoms with Gasteiger partial charge in [0.15, 0.2) is 0 Å². The van der Waals surface area contributed by atoms with Crippen LogP contribution in [0.15, 0.2) is 24.3 Å². The number of H-pyrrole nitrogens is 1. The van der Waals surface area contributed by atoms with Gasteiger partial charge in [0.25, 0.3) is 5.91 Å². The number of likely N-dealkylation sites (tertiary alicyclic amines) is 1. The number of carbonyl (C=O) groups is 3. The molecule has 9 heteroatoms. The van der Waals surface area contributed by atoms with Crippen LogP contribution in [-0.2, 0) is 9.59 Å². The summed E-state index contributed by atoms with van der Waals surface area (Å²) < 4.78 is 5.47. The number of aromatic amines is 1. The number of hydrogen-bond acceptors (Lipinski definition) is 5. The fourth-order valence-electron chi connectivity index (χ4n) is 6.55. The van der Waals surface area contributed by atoms with E-state index >= 15 is 0 Å². The van der Waals surface area contributed by atoms with Gasteiger partial charge in [0, 0.05) is 29.9 Å². The van der Waals surface area contributed by atoms with Gasteiger partial charge in [-0.2, -0.15) is 0 Å². The number of hydrogen-bond donors (Lipinski definition) is 4. The van der Waals surface area contributed by atoms with Gasteiger partial charge in [-0.15, -0.1) is 0 Å². The summed E-state index contributed by atoms with van der Waals surface area (Å²) in [7, 11) is 3.41. The Kier molecular flexibility index (Phi) is 7.69. The molecule has 3 fully saturated rings. The third kappa shape index (κ3) is 5.32. The monoisotopic (exact) mass is 509 g/mol. The number of ether oxygens (including phenoxy) is 1. The van der Waals surface area contributed by atoms with Crippen molar-refractivity contribution in [3.63, 3.8) is 0 Å². The van der Waals surface area contributed by atoms with Crippen LogP contribution in [0, 0.1) is 17.8 Å². The molecule has 0 bridgehead atoms. The van der Waals surface area contributed by atoms with Crippen LogP contribution < -0.4 is 20.7 Å². The summed E-state index contributed by atoms with van der Waals surface area (Å²) in [6.45, 7) is 1.30. The van der Waals surface area contributed by atoms with Gasteiger partial charge in [0.2, 0.25) is 11.8 Å². The molecule has 200 valence electrons. The lowest BCUT2D eigenvalue weighted by Gasteiger charge is -2.29. The Morgan fingerprint density at radius 1 is 1.16 bits per heavy atom. The van der Waals surface area contributed by atoms with Gasteiger partial charge in [0.05, 0.1) is 13.3 Å². The maximum absolute atomic E-state index is 13.8. The maximum Gasteiger partial charge on any atom is 0.270 e. The van der Waals surface area contributed by atoms with Gasteiger partial charge in [-0.1, -0.05) is 31.7 Å². The van der Waals surface area contributed by atoms with Crippen LogP contribution in [-0.4, -0.2) is 67.1 Å². The zero-order valence-corrected chi connectivity index (χ0v) is 21.8. The number of nitrogens with zero attached hydrogens (tertiary/aromatic N) is 1. The first-order valence-corrected chi connectivity index (χ1v) is 13.7. The number of aromatic nitrogens is 1. The number of benzene rings is 1. The van der Waals surface area contributed by atoms with E-state index in [1.54, 1.807) is 19.1 Å². The molecule has 3 aliphatic rings. The highest BCUT2D eigenvalue weighted by molar-refractivity contribution is 6.01. The first-order chi connectivity index (χ1) is 18.0. The quantitative estimate of drug-likeness (QED) is 0.409. The SMILES string of the molecule is CNC(CC1CCCNC1=O)NC(=O)C1CC(C2CCCC2)CN1C(=O)c1cc2c(OC)cccc2[nH]1. The van der Waals surface area contributed by atoms with Gasteiger partial charge in [-0.3, -0.25) is 14.4 Å². The summed E-state index contributed by atoms with van der Waals surface area (Å²) in [4.78, 5) is 44.7. The molecule has 4 unspecified atom stereocenters. The average Bonchev–Trinajstić information content (AvgIpc) is 3.68. The molecule has 1 aromatic carbocycles. The second kappa shape index (κ2) is 11.1. The van der Waals surface area contributed by atoms with Gasteiger partial charge in [0.1, 0.15) is 17.5 Å². The zero-order chi connectivity index (χ0) is 25.9. The van der Waals surface area contributed by atoms with Crippen LogP contribution in [0.1, 0.15) is 61.9 Å². The molecule has 1 aromatic heterocycles. The topological polar surface area (TPSA) is 116 Å². The van der Waals surface area contributed by atoms with E-state index in [-0.39, 0.29) is 29.8 Å². The second-order valence-corrected chi connectivity index (χ2v) is 10.8. The molecule has 3 amide bonds. The fourth-order valence-corrected chi connectivity index (χ4v) is 6.55. The van der Waals surface area contributed by atoms with Crippen molar-refractivity contribution in [1.82, 2.24) is 25.8 Å². The van der Waals surface area contributed by atoms with E-state index in [9.17, 15) is 14.4 Å². The number of rotatable bonds is 8. The minimum Gasteiger partial charge on any atom is -0.496 e. The van der Waals surface area contributed by atoms with Crippen LogP contribution in [0.4, 0.5) is 0 Å². The highest BCUT2D eigenvalue weighted by Crippen LogP contribution is 2.39. The van der Waals surface area contributed by atoms with Gasteiger partial charge in [-0.25, -0.2) is 0 Å². The summed E-state index contributed by atoms with van der Waals surface area (Å²) in [5.41, 5.74) is 1.30. The lowest BCUT2D eigenvalue weighted by Crippen LogP contribution is -2.53. The van der Waals surface area contributed by atoms with Crippen molar-refractivity contribution in [3.8, 4) is 5.75 Å². The molecule has 5 rings (SSSR count). The molecule has 1 aliphatic carbocycles. The number of methoxy groups -OCH3 is 1. The van der Waals surface area contributed by atoms with Crippen molar-refractivity contribution in [2.75, 3.05) is 27.2 Å². The van der Waals surface area contributed by atoms with Gasteiger partial charge < -0.3 is 30.6 Å². The Morgan fingerprint density at radius 2 is 1.97 bits per heavy atom. The van der Waals surface area contributed by atoms with E-state index < -0.39 is 6.04 Å². The van der Waals surface area contributed by atoms with Crippen LogP contribution in [0.5, 0.6) is 5.75 Å². The molecule has 4 atom stereocenters. The normalized spacial score (nSPS) is 25.3. The van der Waals surface area contributed by atoms with Crippen LogP contribution >= 0.6 is 0 Å². The third-order valence-electron chi connectivity index (χ3n) is 8.62. The zero-order valence-electron chi connectivity index (χ0n) is 21.8. The van der Waals surface area contributed by atoms with Crippen molar-refractivity contribution in [1.29, 1.82) is 0 Å². The molecule has 0 spiro atoms. The van der Waals surface area contributed by atoms with E-state index in [2.05, 4.69) is 20.9 Å². The predicted octanol–water partition coefficient (Wildman–Crippen LogP) is 2.78. The molecule has 2 saturated heterocycles. The van der Waals surface area contributed by atoms with Crippen LogP contribution in [0.2, 0.25) is 0 Å². The van der Waals surface area contributed by atoms with E-state index in [4.69, 9.17) is 4.74 Å². The fraction of sp³-hybridized carbons (Fsp3) is 0.607. The van der Waals surface area contributed by atoms with Gasteiger partial charge >= 0.3 is 0 Å². The van der Waals surface area contributed by atoms with E-state index in [0.717, 1.165) is 23.7 Å². The molecular formula is C28H39N5O4. The highest BCUT2D eigenvalue weighted by Gasteiger charge is 2.44. The van der Waals surface area contributed by atoms with E-state index in [1.165, 1.54) is 25.7 Å². The first kappa shape index (κ1) is 25.6. The lowest BCUT2D eigenvalue weighted by atomic mass is 9.88. The van der Waals surface area contributed by atoms with Crippen LogP contribution in [0.25, 0.3) is 10.9 Å². The summed E-state index contributed by atoms with van der Waals surface area (Å²) >= 11 is 0. The molecule has 3 heterocycles. The Morgan fingerprint density at radius 3 is 2.70 bits per heavy atom. The predicted molar refractivity (Wildman–Crippen MR) is 141 cm³/mol. The number of fused-ring (bicyclic) bond motifs is 1. The Labute approximate surface area is 218 Å². The molecule has 1 saturated carbocycles. The summed E-state index contributed by atoms with van der Waals surface area (Å²) in [6.07, 6.45) is 7.42. The largest absolute Gasteiger partial charge is 0.496 e. The summed E-state index contributed by atoms with van der Waals surface area (Å²) in [5.74, 6) is 1.19. The molecule has 37 heavy (non-hydrogen) atoms. The van der Waals surface area contributed by atoms with E-state index in [0.29, 0.717) is 49.2 Å². The molecule has 0 radical (unpaired) electrons. The number of carbonyl (C=O) groups excluding carboxylic acids is 3. The minimum atomic E-state index is -0.539. The number of amides is 3. The molecule has 2 aliphatic heterocycles. The van der Waals surface area contributed by atoms with Crippen LogP contribution in [0.3, 0.4) is 0 Å². The van der Waals surface area contributed by atoms with Crippen molar-refractivity contribution >= 4 is 28.6 Å². The summed E-state index contributed by atoms with van der Waals surface area (Å²) in [6, 6.07) is 6.97. The number of nitrogens with one attached hydrogen (secondary N) is 4. The Hall–Kier alpha value is -3.07. The standard InChI is InChI=1S/C28H39N5O4/c1-29-25(14-18-9-6-12-30-26(18)34)32-27(35)23-13-19(17-7-3-4-8-17)16-33(23)28(36)22-15-20-21(31-22)10-5-11-24(20)37-2/h5,10-11,15,17-19,23,25,29,31H,3-4,6-9,12-14,16H2,1-2H3,(H,30,34)(H,32,35). The molecule has 2 aromatic rings. The Balaban J connectivity index is 1.35. The van der Waals surface area contributed by atoms with Crippen molar-refractivity contribution < 1.29 is 19.1 Å². The molecular weight excluding hydrogens is 470 g/mol. The maximum atomic E-state index is 13.8. The number of piperidine rings is 1. The smallest absolute Gasteiger partial charge is 0.270 e. The second-order valence-electron chi connectivity index (χ2n) is 10.8. The minimum absolute atomic E-state index is 0.0500. The first-order valence-electron chi connectivity index (χ1n) is 13.7. The van der Waals surface area contributed by atoms with Crippen molar-refractivity contribution in [2.24, 2.45) is 17.8 Å². The van der Waals surface area contributed by atoms with Gasteiger partial charge in [-0.05, 0) is 62.8 Å². The van der Waals surface area contributed by atoms with E-state index in [1.807, 2.05) is 24.3 Å². The highest BCUT2D eigenvalue weighted by atomic mass is 16.5. The average molecular weight is 510 g/mol. The lowest BCUT2D eigenvalue weighted by molar-refractivity contribution is -0.129. The summed E-state index contributed by atoms with van der Waals surface area (Å²) in [5, 5.41) is 10.0. The van der Waals surface area contributed by atoms with Crippen molar-refractivity contribution in [2.45, 2.75) is 63.6 Å². The third-order valence-corrected chi connectivity index (χ3v) is 8.62. The van der Waals surface area contributed by atoms with Crippen molar-refractivity contribution in [3.05, 3.63) is 30.0 Å². The Bertz CT molecular complexity index is 1140.